The number of nitrogens with one attached hydrogen (secondary N) is 1. The van der Waals surface area contributed by atoms with E-state index in [2.05, 4.69) is 19.9 Å². The Labute approximate surface area is 140 Å². The molecule has 1 aliphatic carbocycles. The molecule has 2 aliphatic rings. The van der Waals surface area contributed by atoms with E-state index in [9.17, 15) is 10.4 Å². The summed E-state index contributed by atoms with van der Waals surface area (Å²) < 4.78 is 0. The molecule has 0 saturated heterocycles. The second-order valence-corrected chi connectivity index (χ2v) is 7.33. The van der Waals surface area contributed by atoms with Crippen molar-refractivity contribution in [1.82, 2.24) is 0 Å². The highest BCUT2D eigenvalue weighted by Crippen LogP contribution is 2.49. The van der Waals surface area contributed by atoms with Crippen LogP contribution in [0.3, 0.4) is 0 Å². The highest BCUT2D eigenvalue weighted by atomic mass is 32.2. The maximum Gasteiger partial charge on any atom is 0.144 e. The van der Waals surface area contributed by atoms with Gasteiger partial charge in [-0.3, -0.25) is 5.41 Å². The fourth-order valence-corrected chi connectivity index (χ4v) is 4.75. The van der Waals surface area contributed by atoms with Crippen LogP contribution in [0.25, 0.3) is 0 Å². The lowest BCUT2D eigenvalue weighted by atomic mass is 9.81. The summed E-state index contributed by atoms with van der Waals surface area (Å²) >= 11 is 1.76. The standard InChI is InChI=1S/C18H19N3OS/c1-3-23-16-10-13(22)9-15-14(11-19)17(20)21(18(15,16)2)12-7-5-4-6-8-12/h4-9,16,20,22H,3,10H2,1-2H3. The number of hydrogen-bond acceptors (Lipinski definition) is 4. The zero-order valence-corrected chi connectivity index (χ0v) is 14.0. The van der Waals surface area contributed by atoms with Gasteiger partial charge in [-0.15, -0.1) is 0 Å². The average molecular weight is 325 g/mol. The van der Waals surface area contributed by atoms with Gasteiger partial charge < -0.3 is 10.0 Å². The summed E-state index contributed by atoms with van der Waals surface area (Å²) in [4.78, 5) is 1.94. The summed E-state index contributed by atoms with van der Waals surface area (Å²) in [5, 5.41) is 28.3. The van der Waals surface area contributed by atoms with Gasteiger partial charge in [-0.1, -0.05) is 25.1 Å². The van der Waals surface area contributed by atoms with Crippen LogP contribution >= 0.6 is 11.8 Å². The van der Waals surface area contributed by atoms with Crippen LogP contribution in [0.1, 0.15) is 20.3 Å². The van der Waals surface area contributed by atoms with Crippen molar-refractivity contribution < 1.29 is 5.11 Å². The van der Waals surface area contributed by atoms with E-state index in [4.69, 9.17) is 5.41 Å². The van der Waals surface area contributed by atoms with E-state index in [1.807, 2.05) is 35.2 Å². The third kappa shape index (κ3) is 2.25. The van der Waals surface area contributed by atoms with E-state index in [1.165, 1.54) is 0 Å². The van der Waals surface area contributed by atoms with Crippen LogP contribution in [0.15, 0.2) is 53.3 Å². The third-order valence-corrected chi connectivity index (χ3v) is 5.93. The summed E-state index contributed by atoms with van der Waals surface area (Å²) in [6, 6.07) is 11.9. The van der Waals surface area contributed by atoms with Crippen molar-refractivity contribution in [3.8, 4) is 6.07 Å². The van der Waals surface area contributed by atoms with E-state index in [-0.39, 0.29) is 11.1 Å². The molecule has 5 heteroatoms. The molecule has 0 fully saturated rings. The van der Waals surface area contributed by atoms with E-state index >= 15 is 0 Å². The lowest BCUT2D eigenvalue weighted by molar-refractivity contribution is 0.356. The Morgan fingerprint density at radius 1 is 1.43 bits per heavy atom. The maximum absolute atomic E-state index is 10.1. The summed E-state index contributed by atoms with van der Waals surface area (Å²) in [6.45, 7) is 4.16. The van der Waals surface area contributed by atoms with Gasteiger partial charge in [0.05, 0.1) is 11.3 Å². The molecular formula is C18H19N3OS. The Kier molecular flexibility index (Phi) is 3.95. The molecular weight excluding hydrogens is 306 g/mol. The highest BCUT2D eigenvalue weighted by Gasteiger charge is 2.53. The summed E-state index contributed by atoms with van der Waals surface area (Å²) in [6.07, 6.45) is 2.23. The van der Waals surface area contributed by atoms with Crippen LogP contribution in [0.4, 0.5) is 5.69 Å². The smallest absolute Gasteiger partial charge is 0.144 e. The van der Waals surface area contributed by atoms with Crippen molar-refractivity contribution in [3.63, 3.8) is 0 Å². The van der Waals surface area contributed by atoms with Gasteiger partial charge in [-0.25, -0.2) is 0 Å². The van der Waals surface area contributed by atoms with Crippen LogP contribution in [-0.2, 0) is 0 Å². The number of fused-ring (bicyclic) bond motifs is 1. The Morgan fingerprint density at radius 3 is 2.74 bits per heavy atom. The molecule has 0 spiro atoms. The molecule has 3 rings (SSSR count). The van der Waals surface area contributed by atoms with Crippen LogP contribution < -0.4 is 4.90 Å². The second-order valence-electron chi connectivity index (χ2n) is 5.85. The number of aliphatic hydroxyl groups is 1. The van der Waals surface area contributed by atoms with E-state index in [1.54, 1.807) is 17.8 Å². The molecule has 118 valence electrons. The number of benzene rings is 1. The van der Waals surface area contributed by atoms with Gasteiger partial charge in [0.25, 0.3) is 0 Å². The number of aliphatic hydroxyl groups excluding tert-OH is 1. The van der Waals surface area contributed by atoms with Gasteiger partial charge in [0.2, 0.25) is 0 Å². The first-order valence-electron chi connectivity index (χ1n) is 7.64. The minimum Gasteiger partial charge on any atom is -0.512 e. The number of amidine groups is 1. The summed E-state index contributed by atoms with van der Waals surface area (Å²) in [5.74, 6) is 1.42. The van der Waals surface area contributed by atoms with Crippen molar-refractivity contribution in [2.75, 3.05) is 10.7 Å². The SMILES string of the molecule is CCSC1CC(O)=CC2=C(C#N)C(=N)N(c3ccccc3)C21C. The fourth-order valence-electron chi connectivity index (χ4n) is 3.50. The third-order valence-electron chi connectivity index (χ3n) is 4.57. The first kappa shape index (κ1) is 15.7. The molecule has 1 aromatic rings. The van der Waals surface area contributed by atoms with Gasteiger partial charge in [0, 0.05) is 22.9 Å². The predicted molar refractivity (Wildman–Crippen MR) is 94.9 cm³/mol. The Balaban J connectivity index is 2.22. The Hall–Kier alpha value is -2.19. The minimum atomic E-state index is -0.504. The van der Waals surface area contributed by atoms with Crippen LogP contribution in [0, 0.1) is 16.7 Å². The summed E-state index contributed by atoms with van der Waals surface area (Å²) in [5.41, 5.74) is 1.50. The van der Waals surface area contributed by atoms with Crippen molar-refractivity contribution in [2.45, 2.75) is 31.1 Å². The normalized spacial score (nSPS) is 26.8. The second kappa shape index (κ2) is 5.78. The number of para-hydroxylation sites is 1. The molecule has 23 heavy (non-hydrogen) atoms. The van der Waals surface area contributed by atoms with Crippen LogP contribution in [0.2, 0.25) is 0 Å². The number of nitriles is 1. The molecule has 0 saturated carbocycles. The lowest BCUT2D eigenvalue weighted by Gasteiger charge is -2.45. The van der Waals surface area contributed by atoms with Gasteiger partial charge in [-0.05, 0) is 30.9 Å². The molecule has 0 aromatic heterocycles. The first-order chi connectivity index (χ1) is 11.0. The molecule has 1 aromatic carbocycles. The lowest BCUT2D eigenvalue weighted by Crippen LogP contribution is -2.54. The number of rotatable bonds is 3. The fraction of sp³-hybridized carbons (Fsp3) is 0.333. The average Bonchev–Trinajstić information content (AvgIpc) is 2.76. The van der Waals surface area contributed by atoms with E-state index in [0.717, 1.165) is 17.0 Å². The van der Waals surface area contributed by atoms with Crippen molar-refractivity contribution in [1.29, 1.82) is 10.7 Å². The number of thioether (sulfide) groups is 1. The molecule has 0 amide bonds. The number of hydrogen-bond donors (Lipinski definition) is 2. The van der Waals surface area contributed by atoms with Gasteiger partial charge in [0.1, 0.15) is 17.5 Å². The molecule has 4 nitrogen and oxygen atoms in total. The molecule has 2 N–H and O–H groups in total. The molecule has 1 heterocycles. The highest BCUT2D eigenvalue weighted by molar-refractivity contribution is 8.00. The summed E-state index contributed by atoms with van der Waals surface area (Å²) in [7, 11) is 0. The topological polar surface area (TPSA) is 71.1 Å². The Morgan fingerprint density at radius 2 is 2.13 bits per heavy atom. The number of nitrogens with zero attached hydrogens (tertiary/aromatic N) is 2. The predicted octanol–water partition coefficient (Wildman–Crippen LogP) is 4.03. The quantitative estimate of drug-likeness (QED) is 0.880. The van der Waals surface area contributed by atoms with E-state index < -0.39 is 5.54 Å². The molecule has 1 aliphatic heterocycles. The van der Waals surface area contributed by atoms with Crippen molar-refractivity contribution in [2.24, 2.45) is 0 Å². The van der Waals surface area contributed by atoms with Gasteiger partial charge in [-0.2, -0.15) is 17.0 Å². The largest absolute Gasteiger partial charge is 0.512 e. The molecule has 0 radical (unpaired) electrons. The molecule has 2 unspecified atom stereocenters. The van der Waals surface area contributed by atoms with Crippen LogP contribution in [0.5, 0.6) is 0 Å². The molecule has 2 atom stereocenters. The van der Waals surface area contributed by atoms with Crippen molar-refractivity contribution >= 4 is 23.3 Å². The minimum absolute atomic E-state index is 0.0823. The zero-order valence-electron chi connectivity index (χ0n) is 13.2. The maximum atomic E-state index is 10.1. The zero-order chi connectivity index (χ0) is 16.6. The molecule has 0 bridgehead atoms. The number of allylic oxidation sites excluding steroid dienone is 1. The van der Waals surface area contributed by atoms with E-state index in [0.29, 0.717) is 17.8 Å². The first-order valence-corrected chi connectivity index (χ1v) is 8.69. The monoisotopic (exact) mass is 325 g/mol. The Bertz CT molecular complexity index is 747. The van der Waals surface area contributed by atoms with Crippen LogP contribution in [-0.4, -0.2) is 27.5 Å². The van der Waals surface area contributed by atoms with Gasteiger partial charge in [0.15, 0.2) is 0 Å². The van der Waals surface area contributed by atoms with Gasteiger partial charge >= 0.3 is 0 Å². The van der Waals surface area contributed by atoms with Crippen molar-refractivity contribution in [3.05, 3.63) is 53.3 Å². The number of anilines is 1.